The maximum atomic E-state index is 6.50. The van der Waals surface area contributed by atoms with Crippen LogP contribution >= 0.6 is 0 Å². The van der Waals surface area contributed by atoms with Gasteiger partial charge in [0.25, 0.3) is 0 Å². The Morgan fingerprint density at radius 3 is 1.70 bits per heavy atom. The van der Waals surface area contributed by atoms with E-state index in [0.717, 1.165) is 38.6 Å². The normalized spacial score (nSPS) is 11.8. The molecular formula is C42H24N4O. The Morgan fingerprint density at radius 2 is 0.979 bits per heavy atom. The first-order chi connectivity index (χ1) is 23.3. The quantitative estimate of drug-likeness (QED) is 0.201. The first kappa shape index (κ1) is 25.8. The molecule has 0 saturated heterocycles. The van der Waals surface area contributed by atoms with Crippen molar-refractivity contribution in [1.29, 1.82) is 0 Å². The molecule has 3 aromatic heterocycles. The topological polar surface area (TPSA) is 64.7 Å². The summed E-state index contributed by atoms with van der Waals surface area (Å²) in [6, 6.07) is 46.3. The van der Waals surface area contributed by atoms with E-state index in [1.807, 2.05) is 66.9 Å². The van der Waals surface area contributed by atoms with Gasteiger partial charge in [-0.25, -0.2) is 15.0 Å². The highest BCUT2D eigenvalue weighted by Crippen LogP contribution is 2.49. The van der Waals surface area contributed by atoms with Crippen LogP contribution in [-0.2, 0) is 0 Å². The molecule has 0 amide bonds. The third kappa shape index (κ3) is 3.97. The molecule has 0 atom stereocenters. The molecule has 0 bridgehead atoms. The van der Waals surface area contributed by atoms with Crippen molar-refractivity contribution in [3.63, 3.8) is 0 Å². The van der Waals surface area contributed by atoms with Gasteiger partial charge in [0.15, 0.2) is 23.1 Å². The first-order valence-corrected chi connectivity index (χ1v) is 15.6. The van der Waals surface area contributed by atoms with Crippen LogP contribution < -0.4 is 0 Å². The van der Waals surface area contributed by atoms with Gasteiger partial charge < -0.3 is 4.42 Å². The van der Waals surface area contributed by atoms with E-state index in [9.17, 15) is 0 Å². The van der Waals surface area contributed by atoms with Crippen molar-refractivity contribution in [2.75, 3.05) is 0 Å². The van der Waals surface area contributed by atoms with Crippen LogP contribution in [0, 0.1) is 0 Å². The number of rotatable bonds is 4. The summed E-state index contributed by atoms with van der Waals surface area (Å²) in [6.07, 6.45) is 3.59. The van der Waals surface area contributed by atoms with Crippen LogP contribution in [0.2, 0.25) is 0 Å². The fourth-order valence-electron chi connectivity index (χ4n) is 7.05. The van der Waals surface area contributed by atoms with E-state index in [0.29, 0.717) is 23.1 Å². The number of fused-ring (bicyclic) bond motifs is 6. The average Bonchev–Trinajstić information content (AvgIpc) is 3.69. The number of hydrogen-bond acceptors (Lipinski definition) is 5. The Morgan fingerprint density at radius 1 is 0.362 bits per heavy atom. The van der Waals surface area contributed by atoms with E-state index in [1.54, 1.807) is 6.20 Å². The minimum absolute atomic E-state index is 0.551. The summed E-state index contributed by atoms with van der Waals surface area (Å²) in [7, 11) is 0. The molecule has 0 fully saturated rings. The van der Waals surface area contributed by atoms with Crippen molar-refractivity contribution in [3.05, 3.63) is 146 Å². The smallest absolute Gasteiger partial charge is 0.166 e. The summed E-state index contributed by atoms with van der Waals surface area (Å²) in [5, 5.41) is 4.46. The van der Waals surface area contributed by atoms with E-state index in [-0.39, 0.29) is 0 Å². The van der Waals surface area contributed by atoms with Crippen molar-refractivity contribution in [3.8, 4) is 67.5 Å². The Kier molecular flexibility index (Phi) is 5.51. The van der Waals surface area contributed by atoms with E-state index >= 15 is 0 Å². The molecule has 6 aromatic carbocycles. The van der Waals surface area contributed by atoms with E-state index in [4.69, 9.17) is 19.4 Å². The standard InChI is InChI=1S/C42H24N4O/c1-3-10-25(11-4-1)40-44-41(26-12-5-2-6-13-26)46-42(45-40)35-23-43-24-37-39(35)34-19-18-27(22-36(34)47-37)28-20-21-33-30-15-8-7-14-29(30)32-17-9-16-31(28)38(32)33/h1-24H. The van der Waals surface area contributed by atoms with E-state index < -0.39 is 0 Å². The zero-order chi connectivity index (χ0) is 30.9. The molecule has 0 unspecified atom stereocenters. The maximum Gasteiger partial charge on any atom is 0.166 e. The molecule has 1 aliphatic rings. The van der Waals surface area contributed by atoms with Crippen molar-refractivity contribution in [2.45, 2.75) is 0 Å². The monoisotopic (exact) mass is 600 g/mol. The van der Waals surface area contributed by atoms with Crippen molar-refractivity contribution in [2.24, 2.45) is 0 Å². The predicted octanol–water partition coefficient (Wildman–Crippen LogP) is 10.6. The van der Waals surface area contributed by atoms with E-state index in [2.05, 4.69) is 77.8 Å². The largest absolute Gasteiger partial charge is 0.454 e. The molecule has 10 rings (SSSR count). The molecule has 0 N–H and O–H groups in total. The van der Waals surface area contributed by atoms with Gasteiger partial charge in [0, 0.05) is 33.7 Å². The second-order valence-electron chi connectivity index (χ2n) is 11.8. The van der Waals surface area contributed by atoms with Gasteiger partial charge in [-0.1, -0.05) is 121 Å². The highest BCUT2D eigenvalue weighted by Gasteiger charge is 2.23. The van der Waals surface area contributed by atoms with Gasteiger partial charge >= 0.3 is 0 Å². The average molecular weight is 601 g/mol. The number of aromatic nitrogens is 4. The van der Waals surface area contributed by atoms with E-state index in [1.165, 1.54) is 38.6 Å². The number of benzene rings is 6. The molecular weight excluding hydrogens is 576 g/mol. The lowest BCUT2D eigenvalue weighted by Crippen LogP contribution is -2.00. The number of furan rings is 1. The lowest BCUT2D eigenvalue weighted by Gasteiger charge is -2.10. The van der Waals surface area contributed by atoms with Crippen LogP contribution in [0.25, 0.3) is 100 Å². The summed E-state index contributed by atoms with van der Waals surface area (Å²) >= 11 is 0. The van der Waals surface area contributed by atoms with Crippen LogP contribution in [0.15, 0.2) is 150 Å². The summed E-state index contributed by atoms with van der Waals surface area (Å²) in [6.45, 7) is 0. The Bertz CT molecular complexity index is 2590. The minimum atomic E-state index is 0.551. The minimum Gasteiger partial charge on any atom is -0.454 e. The molecule has 1 aliphatic carbocycles. The van der Waals surface area contributed by atoms with Gasteiger partial charge in [0.2, 0.25) is 0 Å². The van der Waals surface area contributed by atoms with Crippen LogP contribution in [0.3, 0.4) is 0 Å². The number of pyridine rings is 1. The summed E-state index contributed by atoms with van der Waals surface area (Å²) < 4.78 is 6.50. The van der Waals surface area contributed by atoms with Gasteiger partial charge in [-0.05, 0) is 56.3 Å². The second kappa shape index (κ2) is 10.0. The Hall–Kier alpha value is -6.46. The molecule has 9 aromatic rings. The van der Waals surface area contributed by atoms with Crippen LogP contribution in [0.5, 0.6) is 0 Å². The molecule has 47 heavy (non-hydrogen) atoms. The fraction of sp³-hybridized carbons (Fsp3) is 0. The van der Waals surface area contributed by atoms with Gasteiger partial charge in [0.05, 0.1) is 6.20 Å². The highest BCUT2D eigenvalue weighted by molar-refractivity contribution is 6.19. The lowest BCUT2D eigenvalue weighted by molar-refractivity contribution is 0.667. The first-order valence-electron chi connectivity index (χ1n) is 15.6. The van der Waals surface area contributed by atoms with Crippen LogP contribution in [0.1, 0.15) is 0 Å². The Balaban J connectivity index is 1.15. The van der Waals surface area contributed by atoms with Gasteiger partial charge in [-0.3, -0.25) is 4.98 Å². The van der Waals surface area contributed by atoms with Gasteiger partial charge in [0.1, 0.15) is 5.58 Å². The number of nitrogens with zero attached hydrogens (tertiary/aromatic N) is 4. The molecule has 5 nitrogen and oxygen atoms in total. The SMILES string of the molecule is c1ccc(-c2nc(-c3ccccc3)nc(-c3cncc4oc5cc(-c6ccc7c8c(cccc68)-c6ccccc6-7)ccc5c34)n2)cc1. The molecule has 0 aliphatic heterocycles. The lowest BCUT2D eigenvalue weighted by atomic mass is 9.94. The molecule has 0 spiro atoms. The van der Waals surface area contributed by atoms with Crippen LogP contribution in [-0.4, -0.2) is 19.9 Å². The highest BCUT2D eigenvalue weighted by atomic mass is 16.3. The zero-order valence-electron chi connectivity index (χ0n) is 25.1. The third-order valence-corrected chi connectivity index (χ3v) is 9.18. The summed E-state index contributed by atoms with van der Waals surface area (Å²) in [5.74, 6) is 1.76. The summed E-state index contributed by atoms with van der Waals surface area (Å²) in [5.41, 5.74) is 11.6. The van der Waals surface area contributed by atoms with Crippen molar-refractivity contribution >= 4 is 32.7 Å². The Labute approximate surface area is 269 Å². The van der Waals surface area contributed by atoms with Crippen LogP contribution in [0.4, 0.5) is 0 Å². The zero-order valence-corrected chi connectivity index (χ0v) is 25.1. The predicted molar refractivity (Wildman–Crippen MR) is 189 cm³/mol. The van der Waals surface area contributed by atoms with Crippen molar-refractivity contribution < 1.29 is 4.42 Å². The second-order valence-corrected chi connectivity index (χ2v) is 11.8. The van der Waals surface area contributed by atoms with Gasteiger partial charge in [-0.15, -0.1) is 0 Å². The summed E-state index contributed by atoms with van der Waals surface area (Å²) in [4.78, 5) is 19.4. The van der Waals surface area contributed by atoms with Gasteiger partial charge in [-0.2, -0.15) is 0 Å². The molecule has 218 valence electrons. The molecule has 0 radical (unpaired) electrons. The van der Waals surface area contributed by atoms with Crippen molar-refractivity contribution in [1.82, 2.24) is 19.9 Å². The molecule has 3 heterocycles. The molecule has 0 saturated carbocycles. The maximum absolute atomic E-state index is 6.50. The number of hydrogen-bond donors (Lipinski definition) is 0. The molecule has 5 heteroatoms. The third-order valence-electron chi connectivity index (χ3n) is 9.18. The fourth-order valence-corrected chi connectivity index (χ4v) is 7.05.